The molecule has 0 radical (unpaired) electrons. The highest BCUT2D eigenvalue weighted by molar-refractivity contribution is 7.91. The van der Waals surface area contributed by atoms with E-state index in [1.54, 1.807) is 25.2 Å². The lowest BCUT2D eigenvalue weighted by Gasteiger charge is -2.23. The minimum Gasteiger partial charge on any atom is -0.338 e. The molecule has 1 heterocycles. The van der Waals surface area contributed by atoms with Gasteiger partial charge in [-0.2, -0.15) is 0 Å². The fraction of sp³-hybridized carbons (Fsp3) is 0.462. The summed E-state index contributed by atoms with van der Waals surface area (Å²) in [5, 5.41) is 0. The lowest BCUT2D eigenvalue weighted by molar-refractivity contribution is 0.0747. The molecular weight excluding hydrogens is 278 g/mol. The van der Waals surface area contributed by atoms with Crippen LogP contribution in [0.15, 0.2) is 18.2 Å². The van der Waals surface area contributed by atoms with E-state index in [1.807, 2.05) is 6.92 Å². The lowest BCUT2D eigenvalue weighted by atomic mass is 10.1. The first-order valence-corrected chi connectivity index (χ1v) is 8.21. The zero-order valence-electron chi connectivity index (χ0n) is 11.6. The Bertz CT molecular complexity index is 628. The van der Waals surface area contributed by atoms with E-state index in [4.69, 9.17) is 5.84 Å². The number of nitrogens with zero attached hydrogens (tertiary/aromatic N) is 1. The van der Waals surface area contributed by atoms with Crippen LogP contribution in [0.3, 0.4) is 0 Å². The van der Waals surface area contributed by atoms with Gasteiger partial charge in [0.05, 0.1) is 17.2 Å². The molecule has 1 aliphatic heterocycles. The fourth-order valence-corrected chi connectivity index (χ4v) is 4.18. The van der Waals surface area contributed by atoms with Crippen molar-refractivity contribution < 1.29 is 13.2 Å². The Labute approximate surface area is 118 Å². The molecule has 1 amide bonds. The lowest BCUT2D eigenvalue weighted by Crippen LogP contribution is -2.37. The number of benzene rings is 1. The van der Waals surface area contributed by atoms with Crippen LogP contribution < -0.4 is 11.3 Å². The molecule has 1 fully saturated rings. The van der Waals surface area contributed by atoms with Crippen molar-refractivity contribution in [1.82, 2.24) is 4.90 Å². The molecule has 3 N–H and O–H groups in total. The molecule has 6 nitrogen and oxygen atoms in total. The summed E-state index contributed by atoms with van der Waals surface area (Å²) >= 11 is 0. The minimum atomic E-state index is -3.00. The third-order valence-electron chi connectivity index (χ3n) is 3.71. The van der Waals surface area contributed by atoms with E-state index < -0.39 is 9.84 Å². The molecule has 0 aliphatic carbocycles. The van der Waals surface area contributed by atoms with Gasteiger partial charge in [-0.05, 0) is 37.1 Å². The number of amides is 1. The largest absolute Gasteiger partial charge is 0.338 e. The number of hydrogen-bond donors (Lipinski definition) is 2. The molecule has 1 aliphatic rings. The standard InChI is InChI=1S/C13H19N3O3S/c1-9-7-10(3-4-12(9)15-14)13(17)16(2)11-5-6-20(18,19)8-11/h3-4,7,11,15H,5-6,8,14H2,1-2H3. The van der Waals surface area contributed by atoms with Gasteiger partial charge in [0.1, 0.15) is 0 Å². The normalized spacial score (nSPS) is 20.6. The number of hydrazine groups is 1. The number of carbonyl (C=O) groups is 1. The van der Waals surface area contributed by atoms with Gasteiger partial charge in [-0.3, -0.25) is 10.6 Å². The van der Waals surface area contributed by atoms with E-state index in [-0.39, 0.29) is 23.5 Å². The molecule has 1 saturated heterocycles. The van der Waals surface area contributed by atoms with E-state index in [9.17, 15) is 13.2 Å². The van der Waals surface area contributed by atoms with Gasteiger partial charge in [-0.25, -0.2) is 8.42 Å². The number of carbonyl (C=O) groups excluding carboxylic acids is 1. The highest BCUT2D eigenvalue weighted by atomic mass is 32.2. The van der Waals surface area contributed by atoms with Crippen LogP contribution in [0.1, 0.15) is 22.3 Å². The predicted octanol–water partition coefficient (Wildman–Crippen LogP) is 0.540. The number of sulfone groups is 1. The van der Waals surface area contributed by atoms with E-state index in [0.717, 1.165) is 11.3 Å². The second-order valence-corrected chi connectivity index (χ2v) is 7.38. The number of anilines is 1. The maximum atomic E-state index is 12.4. The molecule has 2 rings (SSSR count). The Morgan fingerprint density at radius 3 is 2.65 bits per heavy atom. The number of nitrogen functional groups attached to an aromatic ring is 1. The monoisotopic (exact) mass is 297 g/mol. The molecule has 0 bridgehead atoms. The number of aryl methyl sites for hydroxylation is 1. The summed E-state index contributed by atoms with van der Waals surface area (Å²) in [6.45, 7) is 1.85. The zero-order chi connectivity index (χ0) is 14.9. The van der Waals surface area contributed by atoms with Crippen LogP contribution in [-0.2, 0) is 9.84 Å². The van der Waals surface area contributed by atoms with Crippen molar-refractivity contribution in [2.24, 2.45) is 5.84 Å². The van der Waals surface area contributed by atoms with E-state index in [0.29, 0.717) is 12.0 Å². The zero-order valence-corrected chi connectivity index (χ0v) is 12.4. The molecule has 0 aromatic heterocycles. The second-order valence-electron chi connectivity index (χ2n) is 5.15. The Morgan fingerprint density at radius 2 is 2.15 bits per heavy atom. The molecule has 110 valence electrons. The van der Waals surface area contributed by atoms with Gasteiger partial charge < -0.3 is 10.3 Å². The summed E-state index contributed by atoms with van der Waals surface area (Å²) in [6.07, 6.45) is 0.506. The average molecular weight is 297 g/mol. The van der Waals surface area contributed by atoms with Crippen LogP contribution in [-0.4, -0.2) is 43.8 Å². The Morgan fingerprint density at radius 1 is 1.45 bits per heavy atom. The number of nitrogens with two attached hydrogens (primary N) is 1. The van der Waals surface area contributed by atoms with Gasteiger partial charge in [0.25, 0.3) is 5.91 Å². The SMILES string of the molecule is Cc1cc(C(=O)N(C)C2CCS(=O)(=O)C2)ccc1NN. The van der Waals surface area contributed by atoms with Crippen molar-refractivity contribution in [3.8, 4) is 0 Å². The Kier molecular flexibility index (Phi) is 4.01. The molecule has 7 heteroatoms. The van der Waals surface area contributed by atoms with Crippen molar-refractivity contribution in [3.63, 3.8) is 0 Å². The second kappa shape index (κ2) is 5.41. The van der Waals surface area contributed by atoms with Crippen LogP contribution in [0, 0.1) is 6.92 Å². The third kappa shape index (κ3) is 2.94. The van der Waals surface area contributed by atoms with Gasteiger partial charge in [0, 0.05) is 18.7 Å². The molecule has 20 heavy (non-hydrogen) atoms. The fourth-order valence-electron chi connectivity index (χ4n) is 2.41. The summed E-state index contributed by atoms with van der Waals surface area (Å²) in [5.41, 5.74) is 4.71. The van der Waals surface area contributed by atoms with Crippen molar-refractivity contribution in [1.29, 1.82) is 0 Å². The van der Waals surface area contributed by atoms with Gasteiger partial charge in [-0.15, -0.1) is 0 Å². The molecule has 1 unspecified atom stereocenters. The van der Waals surface area contributed by atoms with Crippen molar-refractivity contribution in [2.75, 3.05) is 24.0 Å². The van der Waals surface area contributed by atoms with Crippen LogP contribution in [0.25, 0.3) is 0 Å². The first-order chi connectivity index (χ1) is 9.34. The highest BCUT2D eigenvalue weighted by Gasteiger charge is 2.33. The molecule has 1 aromatic rings. The third-order valence-corrected chi connectivity index (χ3v) is 5.46. The van der Waals surface area contributed by atoms with Gasteiger partial charge in [0.15, 0.2) is 9.84 Å². The molecular formula is C13H19N3O3S. The van der Waals surface area contributed by atoms with Crippen molar-refractivity contribution >= 4 is 21.4 Å². The summed E-state index contributed by atoms with van der Waals surface area (Å²) in [5.74, 6) is 5.40. The maximum Gasteiger partial charge on any atom is 0.253 e. The first-order valence-electron chi connectivity index (χ1n) is 6.39. The quantitative estimate of drug-likeness (QED) is 0.627. The van der Waals surface area contributed by atoms with Gasteiger partial charge in [-0.1, -0.05) is 0 Å². The molecule has 1 aromatic carbocycles. The topological polar surface area (TPSA) is 92.5 Å². The van der Waals surface area contributed by atoms with Crippen LogP contribution in [0.5, 0.6) is 0 Å². The van der Waals surface area contributed by atoms with Gasteiger partial charge in [0.2, 0.25) is 0 Å². The van der Waals surface area contributed by atoms with Gasteiger partial charge >= 0.3 is 0 Å². The Balaban J connectivity index is 2.17. The highest BCUT2D eigenvalue weighted by Crippen LogP contribution is 2.20. The van der Waals surface area contributed by atoms with Crippen LogP contribution in [0.2, 0.25) is 0 Å². The predicted molar refractivity (Wildman–Crippen MR) is 78.1 cm³/mol. The minimum absolute atomic E-state index is 0.0522. The van der Waals surface area contributed by atoms with E-state index in [1.165, 1.54) is 4.90 Å². The maximum absolute atomic E-state index is 12.4. The summed E-state index contributed by atoms with van der Waals surface area (Å²) in [4.78, 5) is 13.9. The number of rotatable bonds is 3. The van der Waals surface area contributed by atoms with Crippen molar-refractivity contribution in [2.45, 2.75) is 19.4 Å². The molecule has 1 atom stereocenters. The van der Waals surface area contributed by atoms with Crippen LogP contribution in [0.4, 0.5) is 5.69 Å². The summed E-state index contributed by atoms with van der Waals surface area (Å²) in [6, 6.07) is 4.93. The number of nitrogens with one attached hydrogen (secondary N) is 1. The number of hydrogen-bond acceptors (Lipinski definition) is 5. The van der Waals surface area contributed by atoms with E-state index >= 15 is 0 Å². The first kappa shape index (κ1) is 14.8. The summed E-state index contributed by atoms with van der Waals surface area (Å²) in [7, 11) is -1.34. The average Bonchev–Trinajstić information content (AvgIpc) is 2.77. The van der Waals surface area contributed by atoms with E-state index in [2.05, 4.69) is 5.43 Å². The summed E-state index contributed by atoms with van der Waals surface area (Å²) < 4.78 is 23.0. The van der Waals surface area contributed by atoms with Crippen LogP contribution >= 0.6 is 0 Å². The molecule has 0 spiro atoms. The smallest absolute Gasteiger partial charge is 0.253 e. The Hall–Kier alpha value is -1.60. The molecule has 0 saturated carbocycles. The van der Waals surface area contributed by atoms with Crippen molar-refractivity contribution in [3.05, 3.63) is 29.3 Å².